The maximum Gasteiger partial charge on any atom is 0.261 e. The highest BCUT2D eigenvalue weighted by Crippen LogP contribution is 2.38. The summed E-state index contributed by atoms with van der Waals surface area (Å²) >= 11 is 0. The molecule has 1 heterocycles. The van der Waals surface area contributed by atoms with E-state index in [0.717, 1.165) is 38.5 Å². The Morgan fingerprint density at radius 1 is 0.892 bits per heavy atom. The normalized spacial score (nSPS) is 18.4. The van der Waals surface area contributed by atoms with Gasteiger partial charge in [0, 0.05) is 13.2 Å². The first-order valence-electron chi connectivity index (χ1n) is 14.0. The molecule has 0 bridgehead atoms. The Bertz CT molecular complexity index is 842. The van der Waals surface area contributed by atoms with Gasteiger partial charge >= 0.3 is 0 Å². The third kappa shape index (κ3) is 8.74. The van der Waals surface area contributed by atoms with Gasteiger partial charge in [0.1, 0.15) is 12.9 Å². The van der Waals surface area contributed by atoms with Crippen LogP contribution in [-0.4, -0.2) is 58.3 Å². The number of hydrogen-bond donors (Lipinski definition) is 1. The number of unbranched alkanes of at least 4 members (excludes halogenated alkanes) is 2. The highest BCUT2D eigenvalue weighted by molar-refractivity contribution is 6.99. The van der Waals surface area contributed by atoms with Crippen LogP contribution < -0.4 is 10.4 Å². The molecule has 0 saturated carbocycles. The lowest BCUT2D eigenvalue weighted by Crippen LogP contribution is -2.67. The molecular weight excluding hydrogens is 480 g/mol. The Morgan fingerprint density at radius 2 is 1.46 bits per heavy atom. The SMILES string of the molecule is COCO[C@@H](CCCCC[C@H](C)O[Si](c1ccccc1)(c1ccccc1)C(C)(C)C)CC[C@@H](O)[C@@H]1CO1. The molecule has 2 aromatic carbocycles. The number of epoxide rings is 1. The van der Waals surface area contributed by atoms with Crippen LogP contribution in [-0.2, 0) is 18.6 Å². The zero-order chi connectivity index (χ0) is 26.7. The summed E-state index contributed by atoms with van der Waals surface area (Å²) in [5, 5.41) is 12.8. The average molecular weight is 529 g/mol. The summed E-state index contributed by atoms with van der Waals surface area (Å²) in [6, 6.07) is 21.7. The maximum absolute atomic E-state index is 10.1. The second-order valence-corrected chi connectivity index (χ2v) is 15.7. The Morgan fingerprint density at radius 3 is 1.97 bits per heavy atom. The minimum atomic E-state index is -2.51. The summed E-state index contributed by atoms with van der Waals surface area (Å²) in [4.78, 5) is 0. The highest BCUT2D eigenvalue weighted by atomic mass is 28.4. The topological polar surface area (TPSA) is 60.5 Å². The standard InChI is InChI=1S/C31H48O5Si/c1-25(15-9-6-10-16-26(35-24-33-5)21-22-29(32)30-23-34-30)36-37(31(2,3)4,27-17-11-7-12-18-27)28-19-13-8-14-20-28/h7-8,11-14,17-20,25-26,29-30,32H,6,9-10,15-16,21-24H2,1-5H3/t25-,26-,29+,30-/m0/s1. The number of ether oxygens (including phenoxy) is 3. The summed E-state index contributed by atoms with van der Waals surface area (Å²) in [6.45, 7) is 10.2. The average Bonchev–Trinajstić information content (AvgIpc) is 3.74. The molecule has 0 aromatic heterocycles. The molecule has 0 aliphatic carbocycles. The van der Waals surface area contributed by atoms with E-state index >= 15 is 0 Å². The molecule has 0 unspecified atom stereocenters. The first-order chi connectivity index (χ1) is 17.8. The summed E-state index contributed by atoms with van der Waals surface area (Å²) in [5.74, 6) is 0. The Labute approximate surface area is 225 Å². The molecule has 206 valence electrons. The van der Waals surface area contributed by atoms with Crippen molar-refractivity contribution in [2.45, 2.75) is 102 Å². The number of methoxy groups -OCH3 is 1. The zero-order valence-electron chi connectivity index (χ0n) is 23.5. The van der Waals surface area contributed by atoms with Gasteiger partial charge in [0.2, 0.25) is 0 Å². The summed E-state index contributed by atoms with van der Waals surface area (Å²) in [6.07, 6.45) is 6.83. The molecule has 1 fully saturated rings. The van der Waals surface area contributed by atoms with E-state index < -0.39 is 8.32 Å². The molecule has 6 heteroatoms. The first kappa shape index (κ1) is 30.0. The predicted octanol–water partition coefficient (Wildman–Crippen LogP) is 5.43. The molecule has 1 aliphatic heterocycles. The van der Waals surface area contributed by atoms with Crippen LogP contribution in [0, 0.1) is 0 Å². The van der Waals surface area contributed by atoms with E-state index in [1.165, 1.54) is 10.4 Å². The minimum absolute atomic E-state index is 0.00799. The number of benzene rings is 2. The van der Waals surface area contributed by atoms with Crippen LogP contribution in [0.15, 0.2) is 60.7 Å². The van der Waals surface area contributed by atoms with Gasteiger partial charge in [-0.1, -0.05) is 101 Å². The third-order valence-corrected chi connectivity index (χ3v) is 12.6. The molecule has 1 aliphatic rings. The summed E-state index contributed by atoms with van der Waals surface area (Å²) in [7, 11) is -0.857. The van der Waals surface area contributed by atoms with E-state index in [9.17, 15) is 5.11 Å². The van der Waals surface area contributed by atoms with Crippen LogP contribution in [0.5, 0.6) is 0 Å². The third-order valence-electron chi connectivity index (χ3n) is 7.43. The van der Waals surface area contributed by atoms with Crippen LogP contribution in [0.4, 0.5) is 0 Å². The maximum atomic E-state index is 10.1. The molecule has 1 N–H and O–H groups in total. The molecule has 0 radical (unpaired) electrons. The van der Waals surface area contributed by atoms with Crippen molar-refractivity contribution in [3.8, 4) is 0 Å². The second kappa shape index (κ2) is 14.6. The number of hydrogen-bond acceptors (Lipinski definition) is 5. The molecule has 0 amide bonds. The molecule has 1 saturated heterocycles. The molecule has 2 aromatic rings. The van der Waals surface area contributed by atoms with Gasteiger partial charge in [-0.25, -0.2) is 0 Å². The van der Waals surface area contributed by atoms with Gasteiger partial charge in [0.15, 0.2) is 0 Å². The molecule has 5 nitrogen and oxygen atoms in total. The van der Waals surface area contributed by atoms with Crippen LogP contribution in [0.3, 0.4) is 0 Å². The highest BCUT2D eigenvalue weighted by Gasteiger charge is 2.50. The van der Waals surface area contributed by atoms with E-state index in [4.69, 9.17) is 18.6 Å². The minimum Gasteiger partial charge on any atom is -0.405 e. The molecule has 37 heavy (non-hydrogen) atoms. The van der Waals surface area contributed by atoms with Crippen molar-refractivity contribution in [1.29, 1.82) is 0 Å². The van der Waals surface area contributed by atoms with Crippen molar-refractivity contribution in [2.75, 3.05) is 20.5 Å². The van der Waals surface area contributed by atoms with Gasteiger partial charge < -0.3 is 23.7 Å². The van der Waals surface area contributed by atoms with Crippen molar-refractivity contribution in [3.05, 3.63) is 60.7 Å². The van der Waals surface area contributed by atoms with Crippen molar-refractivity contribution in [1.82, 2.24) is 0 Å². The van der Waals surface area contributed by atoms with Crippen LogP contribution in [0.2, 0.25) is 5.04 Å². The van der Waals surface area contributed by atoms with Crippen LogP contribution >= 0.6 is 0 Å². The van der Waals surface area contributed by atoms with Crippen molar-refractivity contribution in [3.63, 3.8) is 0 Å². The van der Waals surface area contributed by atoms with Crippen molar-refractivity contribution in [2.24, 2.45) is 0 Å². The van der Waals surface area contributed by atoms with Crippen LogP contribution in [0.25, 0.3) is 0 Å². The largest absolute Gasteiger partial charge is 0.405 e. The fourth-order valence-corrected chi connectivity index (χ4v) is 10.1. The number of aliphatic hydroxyl groups is 1. The van der Waals surface area contributed by atoms with E-state index in [2.05, 4.69) is 88.4 Å². The monoisotopic (exact) mass is 528 g/mol. The van der Waals surface area contributed by atoms with Gasteiger partial charge in [-0.3, -0.25) is 0 Å². The zero-order valence-corrected chi connectivity index (χ0v) is 24.5. The molecule has 4 atom stereocenters. The Kier molecular flexibility index (Phi) is 11.8. The second-order valence-electron chi connectivity index (χ2n) is 11.4. The van der Waals surface area contributed by atoms with Gasteiger partial charge in [0.05, 0.1) is 18.8 Å². The van der Waals surface area contributed by atoms with Gasteiger partial charge in [-0.05, 0) is 48.0 Å². The quantitative estimate of drug-likeness (QED) is 0.128. The molecule has 3 rings (SSSR count). The Hall–Kier alpha value is -1.54. The van der Waals surface area contributed by atoms with Gasteiger partial charge in [-0.2, -0.15) is 0 Å². The molecule has 0 spiro atoms. The number of rotatable bonds is 17. The van der Waals surface area contributed by atoms with Gasteiger partial charge in [0.25, 0.3) is 8.32 Å². The lowest BCUT2D eigenvalue weighted by molar-refractivity contribution is -0.0803. The smallest absolute Gasteiger partial charge is 0.261 e. The van der Waals surface area contributed by atoms with E-state index in [-0.39, 0.29) is 29.5 Å². The van der Waals surface area contributed by atoms with Crippen molar-refractivity contribution >= 4 is 18.7 Å². The lowest BCUT2D eigenvalue weighted by Gasteiger charge is -2.44. The fourth-order valence-electron chi connectivity index (χ4n) is 5.33. The van der Waals surface area contributed by atoms with Crippen LogP contribution in [0.1, 0.15) is 72.6 Å². The van der Waals surface area contributed by atoms with E-state index in [0.29, 0.717) is 19.8 Å². The summed E-state index contributed by atoms with van der Waals surface area (Å²) in [5.41, 5.74) is 0. The van der Waals surface area contributed by atoms with Crippen molar-refractivity contribution < 1.29 is 23.7 Å². The lowest BCUT2D eigenvalue weighted by atomic mass is 10.0. The van der Waals surface area contributed by atoms with E-state index in [1.54, 1.807) is 7.11 Å². The number of aliphatic hydroxyl groups excluding tert-OH is 1. The molecular formula is C31H48O5Si. The first-order valence-corrected chi connectivity index (χ1v) is 15.9. The summed E-state index contributed by atoms with van der Waals surface area (Å²) < 4.78 is 23.4. The Balaban J connectivity index is 1.56. The predicted molar refractivity (Wildman–Crippen MR) is 153 cm³/mol. The van der Waals surface area contributed by atoms with Gasteiger partial charge in [-0.15, -0.1) is 0 Å². The fraction of sp³-hybridized carbons (Fsp3) is 0.613. The van der Waals surface area contributed by atoms with E-state index in [1.807, 2.05) is 0 Å².